The maximum atomic E-state index is 6.22. The van der Waals surface area contributed by atoms with Crippen molar-refractivity contribution in [1.82, 2.24) is 0 Å². The normalized spacial score (nSPS) is 26.3. The molecule has 2 heteroatoms. The Labute approximate surface area is 123 Å². The molecule has 1 aliphatic carbocycles. The van der Waals surface area contributed by atoms with Crippen molar-refractivity contribution in [2.24, 2.45) is 11.1 Å². The predicted molar refractivity (Wildman–Crippen MR) is 85.2 cm³/mol. The third-order valence-corrected chi connectivity index (χ3v) is 4.39. The number of rotatable bonds is 2. The molecule has 112 valence electrons. The van der Waals surface area contributed by atoms with E-state index in [1.807, 2.05) is 0 Å². The van der Waals surface area contributed by atoms with Crippen LogP contribution >= 0.6 is 0 Å². The van der Waals surface area contributed by atoms with Gasteiger partial charge in [-0.3, -0.25) is 0 Å². The first kappa shape index (κ1) is 15.4. The van der Waals surface area contributed by atoms with Crippen LogP contribution in [0.1, 0.15) is 59.4 Å². The smallest absolute Gasteiger partial charge is 0.119 e. The third kappa shape index (κ3) is 3.76. The highest BCUT2D eigenvalue weighted by Crippen LogP contribution is 2.36. The van der Waals surface area contributed by atoms with E-state index in [-0.39, 0.29) is 17.6 Å². The van der Waals surface area contributed by atoms with Gasteiger partial charge in [-0.25, -0.2) is 0 Å². The summed E-state index contributed by atoms with van der Waals surface area (Å²) in [5.41, 5.74) is 8.08. The average molecular weight is 275 g/mol. The second-order valence-electron chi connectivity index (χ2n) is 8.00. The highest BCUT2D eigenvalue weighted by molar-refractivity contribution is 5.31. The molecule has 1 aromatic rings. The van der Waals surface area contributed by atoms with Gasteiger partial charge in [0, 0.05) is 6.04 Å². The molecule has 0 heterocycles. The van der Waals surface area contributed by atoms with Crippen LogP contribution in [0, 0.1) is 5.41 Å². The molecular formula is C18H29NO. The third-order valence-electron chi connectivity index (χ3n) is 4.39. The van der Waals surface area contributed by atoms with Crippen molar-refractivity contribution in [2.75, 3.05) is 0 Å². The van der Waals surface area contributed by atoms with Gasteiger partial charge in [-0.15, -0.1) is 0 Å². The number of hydrogen-bond acceptors (Lipinski definition) is 2. The summed E-state index contributed by atoms with van der Waals surface area (Å²) >= 11 is 0. The second-order valence-corrected chi connectivity index (χ2v) is 8.00. The number of ether oxygens (including phenoxy) is 1. The minimum atomic E-state index is 0.138. The Bertz CT molecular complexity index is 441. The summed E-state index contributed by atoms with van der Waals surface area (Å²) in [5, 5.41) is 0. The Morgan fingerprint density at radius 3 is 2.30 bits per heavy atom. The fraction of sp³-hybridized carbons (Fsp3) is 0.667. The van der Waals surface area contributed by atoms with Crippen molar-refractivity contribution in [2.45, 2.75) is 71.4 Å². The molecule has 2 nitrogen and oxygen atoms in total. The maximum absolute atomic E-state index is 6.22. The highest BCUT2D eigenvalue weighted by atomic mass is 16.5. The quantitative estimate of drug-likeness (QED) is 0.875. The van der Waals surface area contributed by atoms with E-state index in [0.29, 0.717) is 5.41 Å². The molecule has 2 unspecified atom stereocenters. The lowest BCUT2D eigenvalue weighted by Crippen LogP contribution is -2.46. The van der Waals surface area contributed by atoms with Crippen LogP contribution in [0.4, 0.5) is 0 Å². The molecule has 1 saturated carbocycles. The lowest BCUT2D eigenvalue weighted by Gasteiger charge is -2.39. The number of hydrogen-bond donors (Lipinski definition) is 1. The van der Waals surface area contributed by atoms with Crippen LogP contribution in [-0.4, -0.2) is 12.1 Å². The summed E-state index contributed by atoms with van der Waals surface area (Å²) in [5.74, 6) is 0.941. The lowest BCUT2D eigenvalue weighted by molar-refractivity contribution is 0.0669. The minimum absolute atomic E-state index is 0.138. The van der Waals surface area contributed by atoms with Crippen molar-refractivity contribution < 1.29 is 4.74 Å². The van der Waals surface area contributed by atoms with Crippen molar-refractivity contribution in [3.05, 3.63) is 29.8 Å². The molecule has 1 aliphatic rings. The summed E-state index contributed by atoms with van der Waals surface area (Å²) in [7, 11) is 0. The van der Waals surface area contributed by atoms with E-state index >= 15 is 0 Å². The lowest BCUT2D eigenvalue weighted by atomic mass is 9.74. The molecule has 0 radical (unpaired) electrons. The first-order valence-corrected chi connectivity index (χ1v) is 7.70. The van der Waals surface area contributed by atoms with Crippen molar-refractivity contribution in [1.29, 1.82) is 0 Å². The van der Waals surface area contributed by atoms with E-state index in [1.165, 1.54) is 12.0 Å². The second kappa shape index (κ2) is 5.40. The fourth-order valence-corrected chi connectivity index (χ4v) is 2.88. The molecule has 1 fully saturated rings. The highest BCUT2D eigenvalue weighted by Gasteiger charge is 2.34. The summed E-state index contributed by atoms with van der Waals surface area (Å²) in [6.07, 6.45) is 3.42. The van der Waals surface area contributed by atoms with E-state index in [0.717, 1.165) is 18.6 Å². The average Bonchev–Trinajstić information content (AvgIpc) is 2.33. The Hall–Kier alpha value is -1.02. The van der Waals surface area contributed by atoms with E-state index in [1.54, 1.807) is 0 Å². The summed E-state index contributed by atoms with van der Waals surface area (Å²) in [4.78, 5) is 0. The monoisotopic (exact) mass is 275 g/mol. The van der Waals surface area contributed by atoms with Gasteiger partial charge in [-0.05, 0) is 47.8 Å². The summed E-state index contributed by atoms with van der Waals surface area (Å²) in [6.45, 7) is 11.3. The molecule has 20 heavy (non-hydrogen) atoms. The molecule has 2 rings (SSSR count). The SMILES string of the molecule is CC1(C)CCC(N)C(Oc2ccc(C(C)(C)C)cc2)C1. The van der Waals surface area contributed by atoms with Gasteiger partial charge < -0.3 is 10.5 Å². The van der Waals surface area contributed by atoms with Gasteiger partial charge in [0.25, 0.3) is 0 Å². The van der Waals surface area contributed by atoms with Gasteiger partial charge in [-0.2, -0.15) is 0 Å². The molecule has 2 atom stereocenters. The molecule has 0 aliphatic heterocycles. The number of nitrogens with two attached hydrogens (primary N) is 1. The van der Waals surface area contributed by atoms with Crippen LogP contribution in [0.5, 0.6) is 5.75 Å². The van der Waals surface area contributed by atoms with E-state index in [2.05, 4.69) is 58.9 Å². The van der Waals surface area contributed by atoms with Gasteiger partial charge >= 0.3 is 0 Å². The van der Waals surface area contributed by atoms with Crippen molar-refractivity contribution >= 4 is 0 Å². The van der Waals surface area contributed by atoms with Gasteiger partial charge in [0.1, 0.15) is 11.9 Å². The van der Waals surface area contributed by atoms with Gasteiger partial charge in [0.05, 0.1) is 0 Å². The van der Waals surface area contributed by atoms with Gasteiger partial charge in [0.2, 0.25) is 0 Å². The van der Waals surface area contributed by atoms with Crippen LogP contribution in [-0.2, 0) is 5.41 Å². The Kier molecular flexibility index (Phi) is 4.15. The zero-order valence-corrected chi connectivity index (χ0v) is 13.6. The first-order chi connectivity index (χ1) is 9.17. The van der Waals surface area contributed by atoms with E-state index < -0.39 is 0 Å². The Balaban J connectivity index is 2.06. The number of benzene rings is 1. The van der Waals surface area contributed by atoms with Gasteiger partial charge in [0.15, 0.2) is 0 Å². The fourth-order valence-electron chi connectivity index (χ4n) is 2.88. The standard InChI is InChI=1S/C18H29NO/c1-17(2,3)13-6-8-14(9-7-13)20-16-12-18(4,5)11-10-15(16)19/h6-9,15-16H,10-12,19H2,1-5H3. The Morgan fingerprint density at radius 2 is 1.75 bits per heavy atom. The first-order valence-electron chi connectivity index (χ1n) is 7.70. The van der Waals surface area contributed by atoms with Crippen LogP contribution < -0.4 is 10.5 Å². The largest absolute Gasteiger partial charge is 0.489 e. The molecular weight excluding hydrogens is 246 g/mol. The summed E-state index contributed by atoms with van der Waals surface area (Å²) < 4.78 is 6.15. The van der Waals surface area contributed by atoms with Crippen molar-refractivity contribution in [3.8, 4) is 5.75 Å². The topological polar surface area (TPSA) is 35.2 Å². The molecule has 0 saturated heterocycles. The van der Waals surface area contributed by atoms with Crippen molar-refractivity contribution in [3.63, 3.8) is 0 Å². The molecule has 0 amide bonds. The molecule has 0 aromatic heterocycles. The summed E-state index contributed by atoms with van der Waals surface area (Å²) in [6, 6.07) is 8.64. The zero-order valence-electron chi connectivity index (χ0n) is 13.6. The van der Waals surface area contributed by atoms with E-state index in [9.17, 15) is 0 Å². The predicted octanol–water partition coefficient (Wildman–Crippen LogP) is 4.27. The van der Waals surface area contributed by atoms with Crippen LogP contribution in [0.3, 0.4) is 0 Å². The Morgan fingerprint density at radius 1 is 1.15 bits per heavy atom. The molecule has 0 bridgehead atoms. The van der Waals surface area contributed by atoms with E-state index in [4.69, 9.17) is 10.5 Å². The van der Waals surface area contributed by atoms with Crippen LogP contribution in [0.25, 0.3) is 0 Å². The van der Waals surface area contributed by atoms with Crippen LogP contribution in [0.2, 0.25) is 0 Å². The zero-order chi connectivity index (χ0) is 15.0. The van der Waals surface area contributed by atoms with Crippen LogP contribution in [0.15, 0.2) is 24.3 Å². The van der Waals surface area contributed by atoms with Gasteiger partial charge in [-0.1, -0.05) is 46.8 Å². The molecule has 1 aromatic carbocycles. The maximum Gasteiger partial charge on any atom is 0.119 e. The minimum Gasteiger partial charge on any atom is -0.489 e. The molecule has 0 spiro atoms. The molecule has 2 N–H and O–H groups in total.